The Labute approximate surface area is 159 Å². The number of aliphatic imine (C=N–C) groups is 1. The van der Waals surface area contributed by atoms with Gasteiger partial charge in [-0.05, 0) is 30.5 Å². The average molecular weight is 366 g/mol. The maximum atomic E-state index is 5.70. The molecule has 0 amide bonds. The van der Waals surface area contributed by atoms with Gasteiger partial charge in [0.25, 0.3) is 0 Å². The van der Waals surface area contributed by atoms with Crippen molar-refractivity contribution in [3.63, 3.8) is 0 Å². The summed E-state index contributed by atoms with van der Waals surface area (Å²) in [5.74, 6) is 1.59. The van der Waals surface area contributed by atoms with Crippen molar-refractivity contribution in [3.05, 3.63) is 66.1 Å². The molecular formula is C20H26N6O. The van der Waals surface area contributed by atoms with Crippen LogP contribution in [0.4, 0.5) is 0 Å². The Bertz CT molecular complexity index is 846. The molecule has 0 fully saturated rings. The highest BCUT2D eigenvalue weighted by Gasteiger charge is 2.05. The zero-order valence-electron chi connectivity index (χ0n) is 15.6. The van der Waals surface area contributed by atoms with Gasteiger partial charge >= 0.3 is 0 Å². The Morgan fingerprint density at radius 3 is 2.74 bits per heavy atom. The molecule has 2 aromatic heterocycles. The molecule has 3 aromatic rings. The Kier molecular flexibility index (Phi) is 7.17. The smallest absolute Gasteiger partial charge is 0.191 e. The molecule has 0 spiro atoms. The number of pyridine rings is 1. The van der Waals surface area contributed by atoms with Gasteiger partial charge in [0.05, 0.1) is 13.2 Å². The number of fused-ring (bicyclic) bond motifs is 1. The lowest BCUT2D eigenvalue weighted by molar-refractivity contribution is 0.135. The summed E-state index contributed by atoms with van der Waals surface area (Å²) < 4.78 is 7.66. The van der Waals surface area contributed by atoms with E-state index in [1.165, 1.54) is 5.56 Å². The summed E-state index contributed by atoms with van der Waals surface area (Å²) in [6.07, 6.45) is 3.82. The number of hydrogen-bond donors (Lipinski definition) is 2. The van der Waals surface area contributed by atoms with Crippen molar-refractivity contribution in [2.75, 3.05) is 26.8 Å². The largest absolute Gasteiger partial charge is 0.381 e. The second-order valence-corrected chi connectivity index (χ2v) is 6.10. The number of guanidine groups is 1. The normalized spacial score (nSPS) is 11.7. The number of ether oxygens (including phenoxy) is 1. The summed E-state index contributed by atoms with van der Waals surface area (Å²) in [5.41, 5.74) is 2.14. The zero-order chi connectivity index (χ0) is 18.7. The molecule has 0 saturated carbocycles. The number of nitrogens with zero attached hydrogens (tertiary/aromatic N) is 4. The minimum absolute atomic E-state index is 0.554. The highest BCUT2D eigenvalue weighted by Crippen LogP contribution is 2.02. The monoisotopic (exact) mass is 366 g/mol. The van der Waals surface area contributed by atoms with E-state index in [0.717, 1.165) is 50.0 Å². The summed E-state index contributed by atoms with van der Waals surface area (Å²) in [6.45, 7) is 2.83. The molecule has 0 unspecified atom stereocenters. The van der Waals surface area contributed by atoms with Gasteiger partial charge in [0.1, 0.15) is 0 Å². The highest BCUT2D eigenvalue weighted by atomic mass is 16.5. The third kappa shape index (κ3) is 5.79. The third-order valence-corrected chi connectivity index (χ3v) is 4.16. The van der Waals surface area contributed by atoms with Crippen molar-refractivity contribution < 1.29 is 4.74 Å². The first-order valence-corrected chi connectivity index (χ1v) is 9.21. The Morgan fingerprint density at radius 1 is 1.04 bits per heavy atom. The molecule has 142 valence electrons. The second-order valence-electron chi connectivity index (χ2n) is 6.10. The van der Waals surface area contributed by atoms with Crippen LogP contribution < -0.4 is 10.6 Å². The molecule has 0 aliphatic rings. The van der Waals surface area contributed by atoms with Crippen LogP contribution in [0.1, 0.15) is 17.8 Å². The highest BCUT2D eigenvalue weighted by molar-refractivity contribution is 5.79. The number of benzene rings is 1. The number of aromatic nitrogens is 3. The van der Waals surface area contributed by atoms with E-state index in [0.29, 0.717) is 6.54 Å². The van der Waals surface area contributed by atoms with E-state index in [4.69, 9.17) is 4.74 Å². The number of nitrogens with one attached hydrogen (secondary N) is 2. The standard InChI is InChI=1S/C20H26N6O/c1-21-20(23-16-19-25-24-18-10-5-6-13-26(18)19)22-12-7-14-27-15-11-17-8-3-2-4-9-17/h2-6,8-10,13H,7,11-12,14-16H2,1H3,(H2,21,22,23). The summed E-state index contributed by atoms with van der Waals surface area (Å²) >= 11 is 0. The molecule has 7 nitrogen and oxygen atoms in total. The van der Waals surface area contributed by atoms with Gasteiger partial charge < -0.3 is 15.4 Å². The maximum absolute atomic E-state index is 5.70. The molecule has 0 radical (unpaired) electrons. The summed E-state index contributed by atoms with van der Waals surface area (Å²) in [7, 11) is 1.76. The van der Waals surface area contributed by atoms with E-state index >= 15 is 0 Å². The fourth-order valence-corrected chi connectivity index (χ4v) is 2.71. The van der Waals surface area contributed by atoms with Crippen LogP contribution in [0.3, 0.4) is 0 Å². The Balaban J connectivity index is 1.30. The van der Waals surface area contributed by atoms with E-state index in [1.54, 1.807) is 7.05 Å². The van der Waals surface area contributed by atoms with Gasteiger partial charge in [-0.3, -0.25) is 9.39 Å². The van der Waals surface area contributed by atoms with Gasteiger partial charge in [0.15, 0.2) is 17.4 Å². The van der Waals surface area contributed by atoms with E-state index in [2.05, 4.69) is 50.1 Å². The molecule has 2 heterocycles. The molecule has 7 heteroatoms. The van der Waals surface area contributed by atoms with Crippen LogP contribution in [0.5, 0.6) is 0 Å². The van der Waals surface area contributed by atoms with Crippen LogP contribution in [0, 0.1) is 0 Å². The van der Waals surface area contributed by atoms with Crippen molar-refractivity contribution in [2.24, 2.45) is 4.99 Å². The Hall–Kier alpha value is -2.93. The SMILES string of the molecule is CN=C(NCCCOCCc1ccccc1)NCc1nnc2ccccn12. The maximum Gasteiger partial charge on any atom is 0.191 e. The first-order valence-electron chi connectivity index (χ1n) is 9.21. The van der Waals surface area contributed by atoms with Gasteiger partial charge in [0.2, 0.25) is 0 Å². The van der Waals surface area contributed by atoms with Crippen molar-refractivity contribution >= 4 is 11.6 Å². The molecular weight excluding hydrogens is 340 g/mol. The number of hydrogen-bond acceptors (Lipinski definition) is 4. The van der Waals surface area contributed by atoms with Crippen LogP contribution in [-0.2, 0) is 17.7 Å². The molecule has 0 bridgehead atoms. The van der Waals surface area contributed by atoms with Crippen LogP contribution in [0.2, 0.25) is 0 Å². The molecule has 0 aliphatic carbocycles. The first-order chi connectivity index (χ1) is 13.4. The lowest BCUT2D eigenvalue weighted by Gasteiger charge is -2.11. The third-order valence-electron chi connectivity index (χ3n) is 4.16. The van der Waals surface area contributed by atoms with E-state index in [-0.39, 0.29) is 0 Å². The van der Waals surface area contributed by atoms with Crippen molar-refractivity contribution in [3.8, 4) is 0 Å². The van der Waals surface area contributed by atoms with Crippen LogP contribution >= 0.6 is 0 Å². The van der Waals surface area contributed by atoms with Gasteiger partial charge in [-0.2, -0.15) is 0 Å². The van der Waals surface area contributed by atoms with E-state index in [1.807, 2.05) is 34.9 Å². The summed E-state index contributed by atoms with van der Waals surface area (Å²) in [4.78, 5) is 4.24. The van der Waals surface area contributed by atoms with E-state index in [9.17, 15) is 0 Å². The average Bonchev–Trinajstić information content (AvgIpc) is 3.13. The molecule has 2 N–H and O–H groups in total. The minimum Gasteiger partial charge on any atom is -0.381 e. The van der Waals surface area contributed by atoms with Gasteiger partial charge in [-0.25, -0.2) is 0 Å². The molecule has 1 aromatic carbocycles. The lowest BCUT2D eigenvalue weighted by atomic mass is 10.2. The first kappa shape index (κ1) is 18.8. The van der Waals surface area contributed by atoms with Crippen LogP contribution in [0.25, 0.3) is 5.65 Å². The lowest BCUT2D eigenvalue weighted by Crippen LogP contribution is -2.38. The molecule has 0 saturated heterocycles. The molecule has 3 rings (SSSR count). The van der Waals surface area contributed by atoms with Gasteiger partial charge in [0, 0.05) is 26.4 Å². The molecule has 0 atom stereocenters. The van der Waals surface area contributed by atoms with Crippen molar-refractivity contribution in [1.82, 2.24) is 25.2 Å². The quantitative estimate of drug-likeness (QED) is 0.344. The van der Waals surface area contributed by atoms with Gasteiger partial charge in [-0.15, -0.1) is 10.2 Å². The fourth-order valence-electron chi connectivity index (χ4n) is 2.71. The Morgan fingerprint density at radius 2 is 1.89 bits per heavy atom. The minimum atomic E-state index is 0.554. The predicted octanol–water partition coefficient (Wildman–Crippen LogP) is 2.04. The van der Waals surface area contributed by atoms with Crippen LogP contribution in [0.15, 0.2) is 59.7 Å². The van der Waals surface area contributed by atoms with E-state index < -0.39 is 0 Å². The van der Waals surface area contributed by atoms with Crippen molar-refractivity contribution in [1.29, 1.82) is 0 Å². The zero-order valence-corrected chi connectivity index (χ0v) is 15.6. The fraction of sp³-hybridized carbons (Fsp3) is 0.350. The van der Waals surface area contributed by atoms with Gasteiger partial charge in [-0.1, -0.05) is 36.4 Å². The van der Waals surface area contributed by atoms with Crippen LogP contribution in [-0.4, -0.2) is 47.4 Å². The topological polar surface area (TPSA) is 75.8 Å². The predicted molar refractivity (Wildman–Crippen MR) is 107 cm³/mol. The number of rotatable bonds is 9. The summed E-state index contributed by atoms with van der Waals surface area (Å²) in [6, 6.07) is 16.2. The molecule has 27 heavy (non-hydrogen) atoms. The second kappa shape index (κ2) is 10.3. The van der Waals surface area contributed by atoms with Crippen molar-refractivity contribution in [2.45, 2.75) is 19.4 Å². The molecule has 0 aliphatic heterocycles. The summed E-state index contributed by atoms with van der Waals surface area (Å²) in [5, 5.41) is 14.9.